The molecule has 84 heavy (non-hydrogen) atoms. The van der Waals surface area contributed by atoms with Gasteiger partial charge in [0, 0.05) is 76.3 Å². The predicted octanol–water partition coefficient (Wildman–Crippen LogP) is 8.43. The number of imidazole rings is 4. The highest BCUT2D eigenvalue weighted by molar-refractivity contribution is 5.87. The topological polar surface area (TPSA) is 203 Å². The summed E-state index contributed by atoms with van der Waals surface area (Å²) in [4.78, 5) is 72.4. The Bertz CT molecular complexity index is 3730. The Morgan fingerprint density at radius 3 is 1.38 bits per heavy atom. The molecule has 0 unspecified atom stereocenters. The number of benzene rings is 4. The van der Waals surface area contributed by atoms with Gasteiger partial charge >= 0.3 is 0 Å². The molecule has 4 fully saturated rings. The lowest BCUT2D eigenvalue weighted by molar-refractivity contribution is -0.138. The second-order valence-corrected chi connectivity index (χ2v) is 22.5. The molecule has 432 valence electrons. The second-order valence-electron chi connectivity index (χ2n) is 22.5. The van der Waals surface area contributed by atoms with Crippen LogP contribution in [0.5, 0.6) is 11.8 Å². The number of piperazine rings is 2. The van der Waals surface area contributed by atoms with Crippen molar-refractivity contribution in [3.05, 3.63) is 145 Å². The maximum absolute atomic E-state index is 14.0. The van der Waals surface area contributed by atoms with Crippen LogP contribution in [0.25, 0.3) is 66.4 Å². The van der Waals surface area contributed by atoms with Gasteiger partial charge in [-0.2, -0.15) is 0 Å². The third kappa shape index (κ3) is 11.2. The largest absolute Gasteiger partial charge is 0.480 e. The fourth-order valence-electron chi connectivity index (χ4n) is 12.7. The lowest BCUT2D eigenvalue weighted by Gasteiger charge is -2.41. The van der Waals surface area contributed by atoms with E-state index in [1.54, 1.807) is 14.2 Å². The number of aromatic amines is 2. The van der Waals surface area contributed by atoms with Crippen molar-refractivity contribution in [3.8, 4) is 34.3 Å². The molecule has 2 N–H and O–H groups in total. The molecule has 2 amide bonds. The van der Waals surface area contributed by atoms with Crippen LogP contribution in [0, 0.1) is 25.7 Å². The summed E-state index contributed by atoms with van der Waals surface area (Å²) in [7, 11) is 3.26. The number of fused-ring (bicyclic) bond motifs is 4. The molecule has 20 nitrogen and oxygen atoms in total. The molecule has 14 rings (SSSR count). The van der Waals surface area contributed by atoms with Crippen LogP contribution in [-0.4, -0.2) is 173 Å². The number of amides is 2. The monoisotopic (exact) mass is 1130 g/mol. The number of para-hydroxylation sites is 6. The lowest BCUT2D eigenvalue weighted by Crippen LogP contribution is -2.52. The van der Waals surface area contributed by atoms with E-state index < -0.39 is 0 Å². The van der Waals surface area contributed by atoms with Crippen LogP contribution in [0.3, 0.4) is 0 Å². The Morgan fingerprint density at radius 2 is 0.964 bits per heavy atom. The van der Waals surface area contributed by atoms with E-state index >= 15 is 0 Å². The van der Waals surface area contributed by atoms with Crippen LogP contribution in [0.4, 0.5) is 0 Å². The number of ether oxygens (including phenoxy) is 4. The molecule has 4 aliphatic rings. The SMILES string of the molecule is COc1nc2ccccc2cc1-c1cnc([C@@H]2CN(C[C@@H]3CCOC3)CCN2C(=O)Cn2c(C)nc3ccccc32)[nH]1.COc1nc2ccccc2cc1-c1cnc([C@@H]2CN(C[C@H]3CCOC3)CCN2C(=O)Cn2c(C)nc3ccccc32)[nH]1. The van der Waals surface area contributed by atoms with Crippen LogP contribution < -0.4 is 9.47 Å². The number of aryl methyl sites for hydroxylation is 2. The number of methoxy groups -OCH3 is 2. The number of pyridine rings is 2. The summed E-state index contributed by atoms with van der Waals surface area (Å²) in [5, 5.41) is 2.04. The number of carbonyl (C=O) groups excluding carboxylic acids is 2. The van der Waals surface area contributed by atoms with Gasteiger partial charge in [0.05, 0.1) is 95.4 Å². The number of rotatable bonds is 14. The first kappa shape index (κ1) is 54.7. The highest BCUT2D eigenvalue weighted by Gasteiger charge is 2.37. The summed E-state index contributed by atoms with van der Waals surface area (Å²) >= 11 is 0. The number of aromatic nitrogens is 10. The van der Waals surface area contributed by atoms with Gasteiger partial charge in [-0.15, -0.1) is 0 Å². The van der Waals surface area contributed by atoms with E-state index in [2.05, 4.69) is 41.9 Å². The van der Waals surface area contributed by atoms with E-state index in [0.717, 1.165) is 155 Å². The third-order valence-corrected chi connectivity index (χ3v) is 17.1. The summed E-state index contributed by atoms with van der Waals surface area (Å²) in [5.41, 5.74) is 8.77. The quantitative estimate of drug-likeness (QED) is 0.105. The first-order chi connectivity index (χ1) is 41.1. The molecule has 10 heterocycles. The summed E-state index contributed by atoms with van der Waals surface area (Å²) in [6, 6.07) is 35.6. The van der Waals surface area contributed by atoms with Crippen LogP contribution in [-0.2, 0) is 32.2 Å². The van der Waals surface area contributed by atoms with Crippen molar-refractivity contribution in [2.45, 2.75) is 51.9 Å². The van der Waals surface area contributed by atoms with Gasteiger partial charge in [-0.1, -0.05) is 60.7 Å². The number of hydrogen-bond acceptors (Lipinski definition) is 14. The fraction of sp³-hybridized carbons (Fsp3) is 0.375. The third-order valence-electron chi connectivity index (χ3n) is 17.1. The number of hydrogen-bond donors (Lipinski definition) is 2. The molecule has 4 aliphatic heterocycles. The molecule has 4 aromatic carbocycles. The van der Waals surface area contributed by atoms with Crippen molar-refractivity contribution in [2.75, 3.05) is 93.0 Å². The smallest absolute Gasteiger partial charge is 0.243 e. The average Bonchev–Trinajstić information content (AvgIpc) is 4.45. The predicted molar refractivity (Wildman–Crippen MR) is 320 cm³/mol. The Hall–Kier alpha value is -8.56. The molecule has 0 spiro atoms. The van der Waals surface area contributed by atoms with Crippen LogP contribution in [0.2, 0.25) is 0 Å². The molecule has 4 atom stereocenters. The van der Waals surface area contributed by atoms with Crippen molar-refractivity contribution < 1.29 is 28.5 Å². The second kappa shape index (κ2) is 24.0. The summed E-state index contributed by atoms with van der Waals surface area (Å²) in [5.74, 6) is 5.39. The zero-order valence-corrected chi connectivity index (χ0v) is 48.0. The molecule has 0 aliphatic carbocycles. The van der Waals surface area contributed by atoms with E-state index in [9.17, 15) is 9.59 Å². The molecule has 20 heteroatoms. The number of carbonyl (C=O) groups is 2. The number of H-pyrrole nitrogens is 2. The summed E-state index contributed by atoms with van der Waals surface area (Å²) in [6.45, 7) is 13.8. The Labute approximate surface area is 486 Å². The Balaban J connectivity index is 0.000000157. The first-order valence-electron chi connectivity index (χ1n) is 29.2. The zero-order valence-electron chi connectivity index (χ0n) is 48.0. The molecule has 0 bridgehead atoms. The highest BCUT2D eigenvalue weighted by Crippen LogP contribution is 2.36. The Morgan fingerprint density at radius 1 is 0.548 bits per heavy atom. The van der Waals surface area contributed by atoms with E-state index in [1.807, 2.05) is 142 Å². The molecule has 10 aromatic rings. The van der Waals surface area contributed by atoms with Crippen LogP contribution >= 0.6 is 0 Å². The van der Waals surface area contributed by atoms with E-state index in [4.69, 9.17) is 38.9 Å². The summed E-state index contributed by atoms with van der Waals surface area (Å²) < 4.78 is 26.6. The maximum atomic E-state index is 14.0. The van der Waals surface area contributed by atoms with E-state index in [1.165, 1.54) is 0 Å². The van der Waals surface area contributed by atoms with Crippen LogP contribution in [0.1, 0.15) is 48.2 Å². The van der Waals surface area contributed by atoms with E-state index in [0.29, 0.717) is 49.8 Å². The minimum absolute atomic E-state index is 0.0537. The van der Waals surface area contributed by atoms with Crippen molar-refractivity contribution in [2.24, 2.45) is 11.8 Å². The van der Waals surface area contributed by atoms with Gasteiger partial charge in [0.2, 0.25) is 23.6 Å². The Kier molecular flexibility index (Phi) is 15.6. The van der Waals surface area contributed by atoms with Gasteiger partial charge < -0.3 is 47.8 Å². The van der Waals surface area contributed by atoms with Gasteiger partial charge in [-0.3, -0.25) is 19.4 Å². The van der Waals surface area contributed by atoms with Crippen molar-refractivity contribution in [3.63, 3.8) is 0 Å². The van der Waals surface area contributed by atoms with Gasteiger partial charge in [-0.25, -0.2) is 29.9 Å². The molecular formula is C64H70N14O6. The van der Waals surface area contributed by atoms with Crippen molar-refractivity contribution in [1.82, 2.24) is 68.6 Å². The molecule has 0 radical (unpaired) electrons. The minimum Gasteiger partial charge on any atom is -0.480 e. The van der Waals surface area contributed by atoms with Crippen LogP contribution in [0.15, 0.2) is 122 Å². The van der Waals surface area contributed by atoms with Gasteiger partial charge in [0.15, 0.2) is 0 Å². The van der Waals surface area contributed by atoms with Crippen molar-refractivity contribution in [1.29, 1.82) is 0 Å². The first-order valence-corrected chi connectivity index (χ1v) is 29.2. The normalized spacial score (nSPS) is 19.6. The standard InChI is InChI=1S/2C32H35N7O3/c2*1-21-34-26-9-5-6-10-28(26)39(21)19-30(40)38-13-12-37(17-22-11-14-42-20-22)18-29(38)31-33-16-27(35-31)24-15-23-7-3-4-8-25(23)36-32(24)41-2/h2*3-10,15-16,22,29H,11-14,17-20H2,1-2H3,(H,33,35)/t22-,29+;22-,29-/m10/s1. The number of nitrogens with one attached hydrogen (secondary N) is 2. The maximum Gasteiger partial charge on any atom is 0.243 e. The van der Waals surface area contributed by atoms with Crippen molar-refractivity contribution >= 4 is 55.7 Å². The molecular weight excluding hydrogens is 1060 g/mol. The zero-order chi connectivity index (χ0) is 57.3. The average molecular weight is 1130 g/mol. The highest BCUT2D eigenvalue weighted by atomic mass is 16.5. The molecule has 6 aromatic heterocycles. The molecule has 0 saturated carbocycles. The van der Waals surface area contributed by atoms with Gasteiger partial charge in [0.1, 0.15) is 48.5 Å². The fourth-order valence-corrected chi connectivity index (χ4v) is 12.7. The molecule has 4 saturated heterocycles. The van der Waals surface area contributed by atoms with Gasteiger partial charge in [-0.05, 0) is 87.1 Å². The number of nitrogens with zero attached hydrogens (tertiary/aromatic N) is 12. The van der Waals surface area contributed by atoms with Gasteiger partial charge in [0.25, 0.3) is 0 Å². The minimum atomic E-state index is -0.225. The van der Waals surface area contributed by atoms with E-state index in [-0.39, 0.29) is 37.0 Å². The summed E-state index contributed by atoms with van der Waals surface area (Å²) in [6.07, 6.45) is 5.81. The lowest BCUT2D eigenvalue weighted by atomic mass is 10.1.